The molecule has 1 unspecified atom stereocenters. The first kappa shape index (κ1) is 11.0. The van der Waals surface area contributed by atoms with Crippen molar-refractivity contribution in [1.82, 2.24) is 4.98 Å². The molecule has 0 aliphatic heterocycles. The van der Waals surface area contributed by atoms with E-state index in [4.69, 9.17) is 10.2 Å². The van der Waals surface area contributed by atoms with Crippen LogP contribution >= 0.6 is 11.3 Å². The number of hydrogen-bond donors (Lipinski definition) is 3. The van der Waals surface area contributed by atoms with Crippen LogP contribution in [0.5, 0.6) is 0 Å². The van der Waals surface area contributed by atoms with Gasteiger partial charge < -0.3 is 10.2 Å². The molecule has 2 rings (SSSR count). The van der Waals surface area contributed by atoms with Crippen molar-refractivity contribution in [2.24, 2.45) is 5.10 Å². The van der Waals surface area contributed by atoms with Crippen LogP contribution in [0.2, 0.25) is 0 Å². The zero-order chi connectivity index (χ0) is 11.4. The molecule has 0 aliphatic carbocycles. The summed E-state index contributed by atoms with van der Waals surface area (Å²) in [5.74, 6) is 0. The molecule has 0 bridgehead atoms. The van der Waals surface area contributed by atoms with Crippen LogP contribution in [-0.4, -0.2) is 34.1 Å². The SMILES string of the molecule is OCC(O)/C=N\Nc1nc2ccccc2s1. The maximum absolute atomic E-state index is 9.02. The Kier molecular flexibility index (Phi) is 3.45. The lowest BCUT2D eigenvalue weighted by molar-refractivity contribution is 0.148. The number of aliphatic hydroxyl groups excluding tert-OH is 2. The number of aliphatic hydroxyl groups is 2. The Morgan fingerprint density at radius 1 is 1.50 bits per heavy atom. The summed E-state index contributed by atoms with van der Waals surface area (Å²) in [6.45, 7) is -0.342. The van der Waals surface area contributed by atoms with Gasteiger partial charge in [-0.1, -0.05) is 23.5 Å². The lowest BCUT2D eigenvalue weighted by atomic mass is 10.3. The Hall–Kier alpha value is -1.50. The number of anilines is 1. The minimum atomic E-state index is -0.943. The Bertz CT molecular complexity index is 465. The van der Waals surface area contributed by atoms with Crippen molar-refractivity contribution in [2.75, 3.05) is 12.0 Å². The van der Waals surface area contributed by atoms with Crippen molar-refractivity contribution in [3.63, 3.8) is 0 Å². The fourth-order valence-electron chi connectivity index (χ4n) is 1.15. The molecule has 1 heterocycles. The van der Waals surface area contributed by atoms with Crippen LogP contribution < -0.4 is 5.43 Å². The summed E-state index contributed by atoms with van der Waals surface area (Å²) in [5.41, 5.74) is 3.62. The van der Waals surface area contributed by atoms with Gasteiger partial charge in [-0.25, -0.2) is 4.98 Å². The third kappa shape index (κ3) is 2.54. The van der Waals surface area contributed by atoms with Gasteiger partial charge in [0.2, 0.25) is 5.13 Å². The van der Waals surface area contributed by atoms with E-state index in [0.29, 0.717) is 5.13 Å². The summed E-state index contributed by atoms with van der Waals surface area (Å²) < 4.78 is 1.07. The number of benzene rings is 1. The fourth-order valence-corrected chi connectivity index (χ4v) is 1.96. The first-order valence-corrected chi connectivity index (χ1v) is 5.55. The van der Waals surface area contributed by atoms with E-state index in [1.54, 1.807) is 0 Å². The van der Waals surface area contributed by atoms with E-state index < -0.39 is 6.10 Å². The highest BCUT2D eigenvalue weighted by Gasteiger charge is 2.01. The fraction of sp³-hybridized carbons (Fsp3) is 0.200. The molecular weight excluding hydrogens is 226 g/mol. The molecule has 6 heteroatoms. The first-order chi connectivity index (χ1) is 7.79. The van der Waals surface area contributed by atoms with Gasteiger partial charge >= 0.3 is 0 Å². The van der Waals surface area contributed by atoms with Gasteiger partial charge in [-0.2, -0.15) is 5.10 Å². The number of rotatable bonds is 4. The maximum atomic E-state index is 9.02. The van der Waals surface area contributed by atoms with Crippen LogP contribution in [0.4, 0.5) is 5.13 Å². The number of nitrogens with zero attached hydrogens (tertiary/aromatic N) is 2. The Balaban J connectivity index is 2.07. The molecule has 16 heavy (non-hydrogen) atoms. The largest absolute Gasteiger partial charge is 0.393 e. The van der Waals surface area contributed by atoms with E-state index in [2.05, 4.69) is 15.5 Å². The number of para-hydroxylation sites is 1. The van der Waals surface area contributed by atoms with Crippen LogP contribution in [0.3, 0.4) is 0 Å². The summed E-state index contributed by atoms with van der Waals surface area (Å²) >= 11 is 1.48. The summed E-state index contributed by atoms with van der Waals surface area (Å²) in [5, 5.41) is 22.0. The minimum Gasteiger partial charge on any atom is -0.393 e. The van der Waals surface area contributed by atoms with Gasteiger partial charge in [-0.3, -0.25) is 5.43 Å². The van der Waals surface area contributed by atoms with Gasteiger partial charge in [0.15, 0.2) is 0 Å². The van der Waals surface area contributed by atoms with Gasteiger partial charge in [0.05, 0.1) is 23.0 Å². The van der Waals surface area contributed by atoms with Crippen LogP contribution in [0.1, 0.15) is 0 Å². The smallest absolute Gasteiger partial charge is 0.204 e. The van der Waals surface area contributed by atoms with Crippen LogP contribution in [-0.2, 0) is 0 Å². The zero-order valence-electron chi connectivity index (χ0n) is 8.37. The monoisotopic (exact) mass is 237 g/mol. The van der Waals surface area contributed by atoms with Crippen LogP contribution in [0.25, 0.3) is 10.2 Å². The van der Waals surface area contributed by atoms with Gasteiger partial charge in [0.1, 0.15) is 6.10 Å². The summed E-state index contributed by atoms with van der Waals surface area (Å²) in [6, 6.07) is 7.77. The molecule has 0 amide bonds. The summed E-state index contributed by atoms with van der Waals surface area (Å²) in [6.07, 6.45) is 0.286. The predicted octanol–water partition coefficient (Wildman–Crippen LogP) is 1.05. The van der Waals surface area contributed by atoms with Crippen molar-refractivity contribution in [1.29, 1.82) is 0 Å². The standard InChI is InChI=1S/C10H11N3O2S/c14-6-7(15)5-11-13-10-12-8-3-1-2-4-9(8)16-10/h1-5,7,14-15H,6H2,(H,12,13)/b11-5-. The number of hydrogen-bond acceptors (Lipinski definition) is 6. The van der Waals surface area contributed by atoms with Crippen molar-refractivity contribution >= 4 is 32.9 Å². The molecule has 0 fully saturated rings. The lowest BCUT2D eigenvalue weighted by Crippen LogP contribution is -2.13. The van der Waals surface area contributed by atoms with Gasteiger partial charge in [0, 0.05) is 0 Å². The molecule has 0 spiro atoms. The normalized spacial score (nSPS) is 13.4. The second kappa shape index (κ2) is 5.02. The van der Waals surface area contributed by atoms with E-state index in [1.165, 1.54) is 17.6 Å². The number of fused-ring (bicyclic) bond motifs is 1. The molecule has 0 saturated carbocycles. The summed E-state index contributed by atoms with van der Waals surface area (Å²) in [4.78, 5) is 4.28. The molecule has 1 aromatic heterocycles. The highest BCUT2D eigenvalue weighted by atomic mass is 32.1. The maximum Gasteiger partial charge on any atom is 0.204 e. The van der Waals surface area contributed by atoms with Crippen molar-refractivity contribution in [3.05, 3.63) is 24.3 Å². The van der Waals surface area contributed by atoms with Crippen molar-refractivity contribution in [2.45, 2.75) is 6.10 Å². The average Bonchev–Trinajstić information content (AvgIpc) is 2.71. The number of aromatic nitrogens is 1. The van der Waals surface area contributed by atoms with Crippen LogP contribution in [0.15, 0.2) is 29.4 Å². The molecule has 0 radical (unpaired) electrons. The van der Waals surface area contributed by atoms with E-state index in [-0.39, 0.29) is 6.61 Å². The van der Waals surface area contributed by atoms with Gasteiger partial charge in [-0.05, 0) is 12.1 Å². The Morgan fingerprint density at radius 3 is 3.06 bits per heavy atom. The molecule has 2 aromatic rings. The van der Waals surface area contributed by atoms with Crippen LogP contribution in [0, 0.1) is 0 Å². The molecular formula is C10H11N3O2S. The minimum absolute atomic E-state index is 0.342. The molecule has 0 saturated heterocycles. The lowest BCUT2D eigenvalue weighted by Gasteiger charge is -1.97. The number of nitrogens with one attached hydrogen (secondary N) is 1. The van der Waals surface area contributed by atoms with Crippen molar-refractivity contribution in [3.8, 4) is 0 Å². The summed E-state index contributed by atoms with van der Waals surface area (Å²) in [7, 11) is 0. The van der Waals surface area contributed by atoms with Gasteiger partial charge in [-0.15, -0.1) is 0 Å². The molecule has 5 nitrogen and oxygen atoms in total. The second-order valence-electron chi connectivity index (χ2n) is 3.13. The highest BCUT2D eigenvalue weighted by Crippen LogP contribution is 2.25. The molecule has 1 atom stereocenters. The van der Waals surface area contributed by atoms with E-state index >= 15 is 0 Å². The molecule has 84 valence electrons. The number of hydrazone groups is 1. The molecule has 3 N–H and O–H groups in total. The average molecular weight is 237 g/mol. The predicted molar refractivity (Wildman–Crippen MR) is 64.8 cm³/mol. The third-order valence-corrected chi connectivity index (χ3v) is 2.83. The first-order valence-electron chi connectivity index (χ1n) is 4.73. The molecule has 0 aliphatic rings. The highest BCUT2D eigenvalue weighted by molar-refractivity contribution is 7.22. The zero-order valence-corrected chi connectivity index (χ0v) is 9.18. The van der Waals surface area contributed by atoms with E-state index in [1.807, 2.05) is 24.3 Å². The third-order valence-electron chi connectivity index (χ3n) is 1.89. The topological polar surface area (TPSA) is 77.7 Å². The van der Waals surface area contributed by atoms with Crippen molar-refractivity contribution < 1.29 is 10.2 Å². The number of thiazole rings is 1. The molecule has 1 aromatic carbocycles. The quantitative estimate of drug-likeness (QED) is 0.548. The second-order valence-corrected chi connectivity index (χ2v) is 4.16. The van der Waals surface area contributed by atoms with Gasteiger partial charge in [0.25, 0.3) is 0 Å². The Labute approximate surface area is 96.1 Å². The Morgan fingerprint density at radius 2 is 2.31 bits per heavy atom. The van der Waals surface area contributed by atoms with E-state index in [0.717, 1.165) is 10.2 Å². The van der Waals surface area contributed by atoms with E-state index in [9.17, 15) is 0 Å².